The van der Waals surface area contributed by atoms with E-state index in [2.05, 4.69) is 21.5 Å². The van der Waals surface area contributed by atoms with Crippen molar-refractivity contribution >= 4 is 23.5 Å². The molecule has 1 aliphatic rings. The van der Waals surface area contributed by atoms with Crippen molar-refractivity contribution in [1.82, 2.24) is 19.9 Å². The third-order valence-electron chi connectivity index (χ3n) is 3.69. The molecule has 1 atom stereocenters. The van der Waals surface area contributed by atoms with E-state index in [1.54, 1.807) is 17.0 Å². The molecule has 8 heteroatoms. The fraction of sp³-hybridized carbons (Fsp3) is 0.250. The van der Waals surface area contributed by atoms with E-state index in [1.165, 1.54) is 6.08 Å². The van der Waals surface area contributed by atoms with Crippen LogP contribution in [0.15, 0.2) is 37.2 Å². The van der Waals surface area contributed by atoms with Crippen molar-refractivity contribution in [2.45, 2.75) is 6.04 Å². The van der Waals surface area contributed by atoms with Crippen molar-refractivity contribution < 1.29 is 10.9 Å². The Hall–Kier alpha value is -2.51. The zero-order valence-electron chi connectivity index (χ0n) is 13.8. The number of amides is 1. The van der Waals surface area contributed by atoms with E-state index in [4.69, 9.17) is 23.4 Å². The number of benzene rings is 1. The normalized spacial score (nSPS) is 18.1. The first-order valence-electron chi connectivity index (χ1n) is 7.77. The third-order valence-corrected chi connectivity index (χ3v) is 3.91. The largest absolute Gasteiger partial charge is 0.377 e. The van der Waals surface area contributed by atoms with Crippen LogP contribution < -0.4 is 5.73 Å². The summed E-state index contributed by atoms with van der Waals surface area (Å²) < 4.78 is 13.1. The molecule has 0 bridgehead atoms. The van der Waals surface area contributed by atoms with Gasteiger partial charge in [0.25, 0.3) is 0 Å². The van der Waals surface area contributed by atoms with Gasteiger partial charge in [-0.1, -0.05) is 18.2 Å². The molecule has 0 saturated carbocycles. The molecule has 1 fully saturated rings. The lowest BCUT2D eigenvalue weighted by atomic mass is 10.0. The number of nitrogens with zero attached hydrogens (tertiary/aromatic N) is 4. The summed E-state index contributed by atoms with van der Waals surface area (Å²) >= 11 is 6.25. The summed E-state index contributed by atoms with van der Waals surface area (Å²) in [5.41, 5.74) is 6.96. The van der Waals surface area contributed by atoms with Gasteiger partial charge in [0.15, 0.2) is 5.82 Å². The number of hydrogen-bond acceptors (Lipinski definition) is 6. The summed E-state index contributed by atoms with van der Waals surface area (Å²) in [5, 5.41) is 0.453. The minimum atomic E-state index is -0.300. The Labute approximate surface area is 145 Å². The predicted octanol–water partition coefficient (Wildman–Crippen LogP) is 1.86. The van der Waals surface area contributed by atoms with Crippen LogP contribution in [-0.4, -0.2) is 45.5 Å². The molecular weight excluding hydrogens is 330 g/mol. The standard InChI is InChI=1S/C16H16ClN5O2/c1-2-14(23)22-3-4-24-8-13(22)10-5-11(7-12(17)6-10)15-19-9-20-16(18)21-15/h2,5-7,9,13H,1,3-4,8H2,(H2,18,19,20,21)/t13-/m0/s1/i9D. The molecule has 0 spiro atoms. The molecule has 2 heterocycles. The number of hydrogen-bond donors (Lipinski definition) is 1. The van der Waals surface area contributed by atoms with Gasteiger partial charge in [0.2, 0.25) is 11.9 Å². The highest BCUT2D eigenvalue weighted by Gasteiger charge is 2.28. The molecule has 24 heavy (non-hydrogen) atoms. The van der Waals surface area contributed by atoms with Crippen LogP contribution >= 0.6 is 11.6 Å². The van der Waals surface area contributed by atoms with Gasteiger partial charge < -0.3 is 15.4 Å². The van der Waals surface area contributed by atoms with Gasteiger partial charge in [-0.05, 0) is 29.8 Å². The predicted molar refractivity (Wildman–Crippen MR) is 90.2 cm³/mol. The molecule has 2 aromatic rings. The molecule has 0 radical (unpaired) electrons. The van der Waals surface area contributed by atoms with Gasteiger partial charge in [0.1, 0.15) is 7.67 Å². The Bertz CT molecular complexity index is 812. The van der Waals surface area contributed by atoms with Gasteiger partial charge in [-0.25, -0.2) is 9.97 Å². The number of nitrogens with two attached hydrogens (primary N) is 1. The molecule has 3 rings (SSSR count). The molecule has 1 aromatic carbocycles. The summed E-state index contributed by atoms with van der Waals surface area (Å²) in [6, 6.07) is 4.94. The van der Waals surface area contributed by atoms with Crippen LogP contribution in [0.3, 0.4) is 0 Å². The van der Waals surface area contributed by atoms with Crippen molar-refractivity contribution in [2.75, 3.05) is 25.5 Å². The van der Waals surface area contributed by atoms with Crippen LogP contribution in [0.1, 0.15) is 13.0 Å². The summed E-state index contributed by atoms with van der Waals surface area (Å²) in [5.74, 6) is 0.0354. The van der Waals surface area contributed by atoms with E-state index in [0.29, 0.717) is 30.3 Å². The average molecular weight is 347 g/mol. The molecule has 1 aliphatic heterocycles. The van der Waals surface area contributed by atoms with Gasteiger partial charge in [-0.3, -0.25) is 4.79 Å². The minimum absolute atomic E-state index is 0.0408. The summed E-state index contributed by atoms with van der Waals surface area (Å²) in [6.45, 7) is 4.83. The second kappa shape index (κ2) is 6.94. The zero-order valence-corrected chi connectivity index (χ0v) is 13.5. The van der Waals surface area contributed by atoms with Crippen LogP contribution in [0, 0.1) is 0 Å². The quantitative estimate of drug-likeness (QED) is 0.852. The van der Waals surface area contributed by atoms with Crippen molar-refractivity contribution in [2.24, 2.45) is 0 Å². The van der Waals surface area contributed by atoms with Crippen molar-refractivity contribution in [3.63, 3.8) is 0 Å². The van der Waals surface area contributed by atoms with Crippen molar-refractivity contribution in [1.29, 1.82) is 0 Å². The summed E-state index contributed by atoms with van der Waals surface area (Å²) in [6.07, 6.45) is 1.05. The fourth-order valence-corrected chi connectivity index (χ4v) is 2.85. The Kier molecular flexibility index (Phi) is 4.35. The highest BCUT2D eigenvalue weighted by molar-refractivity contribution is 6.31. The number of anilines is 1. The van der Waals surface area contributed by atoms with Crippen LogP contribution in [0.4, 0.5) is 5.95 Å². The van der Waals surface area contributed by atoms with Crippen molar-refractivity contribution in [3.05, 3.63) is 47.7 Å². The summed E-state index contributed by atoms with van der Waals surface area (Å²) in [7, 11) is 0. The molecule has 1 saturated heterocycles. The Morgan fingerprint density at radius 2 is 2.33 bits per heavy atom. The maximum atomic E-state index is 12.1. The van der Waals surface area contributed by atoms with Crippen LogP contribution in [0.5, 0.6) is 0 Å². The van der Waals surface area contributed by atoms with Gasteiger partial charge in [0, 0.05) is 17.1 Å². The van der Waals surface area contributed by atoms with E-state index < -0.39 is 0 Å². The smallest absolute Gasteiger partial charge is 0.246 e. The van der Waals surface area contributed by atoms with E-state index in [1.807, 2.05) is 6.07 Å². The molecule has 0 unspecified atom stereocenters. The highest BCUT2D eigenvalue weighted by Crippen LogP contribution is 2.30. The van der Waals surface area contributed by atoms with Crippen molar-refractivity contribution in [3.8, 4) is 11.4 Å². The van der Waals surface area contributed by atoms with E-state index >= 15 is 0 Å². The number of aromatic nitrogens is 3. The topological polar surface area (TPSA) is 94.2 Å². The Morgan fingerprint density at radius 3 is 3.08 bits per heavy atom. The summed E-state index contributed by atoms with van der Waals surface area (Å²) in [4.78, 5) is 25.5. The Balaban J connectivity index is 2.03. The lowest BCUT2D eigenvalue weighted by molar-refractivity contribution is -0.134. The fourth-order valence-electron chi connectivity index (χ4n) is 2.61. The van der Waals surface area contributed by atoms with E-state index in [9.17, 15) is 4.79 Å². The van der Waals surface area contributed by atoms with Crippen LogP contribution in [-0.2, 0) is 9.53 Å². The molecule has 1 amide bonds. The van der Waals surface area contributed by atoms with Gasteiger partial charge in [-0.15, -0.1) is 0 Å². The second-order valence-corrected chi connectivity index (χ2v) is 5.65. The van der Waals surface area contributed by atoms with Gasteiger partial charge in [-0.2, -0.15) is 4.98 Å². The first-order chi connectivity index (χ1) is 12.0. The second-order valence-electron chi connectivity index (χ2n) is 5.22. The molecule has 7 nitrogen and oxygen atoms in total. The number of carbonyl (C=O) groups is 1. The average Bonchev–Trinajstić information content (AvgIpc) is 2.59. The first-order valence-corrected chi connectivity index (χ1v) is 7.65. The monoisotopic (exact) mass is 346 g/mol. The maximum absolute atomic E-state index is 12.1. The maximum Gasteiger partial charge on any atom is 0.246 e. The number of halogens is 1. The zero-order chi connectivity index (χ0) is 18.0. The molecule has 124 valence electrons. The molecule has 0 aliphatic carbocycles. The Morgan fingerprint density at radius 1 is 1.50 bits per heavy atom. The number of rotatable bonds is 3. The first kappa shape index (κ1) is 15.0. The molecule has 2 N–H and O–H groups in total. The van der Waals surface area contributed by atoms with E-state index in [-0.39, 0.29) is 30.0 Å². The molecular formula is C16H16ClN5O2. The van der Waals surface area contributed by atoms with Crippen LogP contribution in [0.2, 0.25) is 5.02 Å². The third kappa shape index (κ3) is 3.37. The number of carbonyl (C=O) groups excluding carboxylic acids is 1. The number of morpholine rings is 1. The van der Waals surface area contributed by atoms with E-state index in [0.717, 1.165) is 5.56 Å². The minimum Gasteiger partial charge on any atom is -0.377 e. The highest BCUT2D eigenvalue weighted by atomic mass is 35.5. The molecule has 1 aromatic heterocycles. The SMILES string of the molecule is [2H]c1nc(N)nc(-c2cc(Cl)cc([C@@H]3COCCN3C(=O)C=C)c2)n1. The van der Waals surface area contributed by atoms with Crippen LogP contribution in [0.25, 0.3) is 11.4 Å². The number of nitrogen functional groups attached to an aromatic ring is 1. The van der Waals surface area contributed by atoms with Gasteiger partial charge in [0.05, 0.1) is 19.3 Å². The lowest BCUT2D eigenvalue weighted by Crippen LogP contribution is -2.42. The number of ether oxygens (including phenoxy) is 1. The van der Waals surface area contributed by atoms with Gasteiger partial charge >= 0.3 is 0 Å². The lowest BCUT2D eigenvalue weighted by Gasteiger charge is -2.35.